The highest BCUT2D eigenvalue weighted by Crippen LogP contribution is 2.36. The minimum Gasteiger partial charge on any atom is -0.315 e. The van der Waals surface area contributed by atoms with Crippen molar-refractivity contribution in [3.05, 3.63) is 0 Å². The lowest BCUT2D eigenvalue weighted by molar-refractivity contribution is 0.0683. The summed E-state index contributed by atoms with van der Waals surface area (Å²) in [6, 6.07) is 0.632. The van der Waals surface area contributed by atoms with Crippen molar-refractivity contribution >= 4 is 0 Å². The van der Waals surface area contributed by atoms with Crippen LogP contribution in [0, 0.1) is 5.92 Å². The molecule has 2 atom stereocenters. The molecule has 0 heterocycles. The predicted molar refractivity (Wildman–Crippen MR) is 76.4 cm³/mol. The number of nitrogens with one attached hydrogen (secondary N) is 1. The number of hydrogen-bond acceptors (Lipinski definition) is 2. The first-order valence-corrected chi connectivity index (χ1v) is 7.54. The van der Waals surface area contributed by atoms with Crippen molar-refractivity contribution in [2.45, 2.75) is 71.4 Å². The second-order valence-corrected chi connectivity index (χ2v) is 5.75. The lowest BCUT2D eigenvalue weighted by atomic mass is 9.84. The van der Waals surface area contributed by atoms with Crippen molar-refractivity contribution in [3.8, 4) is 0 Å². The minimum atomic E-state index is 0.313. The van der Waals surface area contributed by atoms with E-state index in [2.05, 4.69) is 45.0 Å². The first kappa shape index (κ1) is 15.0. The van der Waals surface area contributed by atoms with E-state index in [4.69, 9.17) is 0 Å². The van der Waals surface area contributed by atoms with Crippen LogP contribution in [-0.2, 0) is 0 Å². The minimum absolute atomic E-state index is 0.313. The Morgan fingerprint density at radius 3 is 2.18 bits per heavy atom. The van der Waals surface area contributed by atoms with Crippen LogP contribution in [0.25, 0.3) is 0 Å². The highest BCUT2D eigenvalue weighted by atomic mass is 15.2. The Morgan fingerprint density at radius 2 is 1.82 bits per heavy atom. The van der Waals surface area contributed by atoms with Gasteiger partial charge in [-0.25, -0.2) is 0 Å². The van der Waals surface area contributed by atoms with Gasteiger partial charge in [-0.15, -0.1) is 0 Å². The third-order valence-electron chi connectivity index (χ3n) is 4.86. The van der Waals surface area contributed by atoms with E-state index in [0.29, 0.717) is 11.6 Å². The van der Waals surface area contributed by atoms with Gasteiger partial charge in [0.05, 0.1) is 0 Å². The number of rotatable bonds is 9. The van der Waals surface area contributed by atoms with Crippen LogP contribution in [0.15, 0.2) is 0 Å². The normalized spacial score (nSPS) is 21.5. The molecule has 1 fully saturated rings. The van der Waals surface area contributed by atoms with Gasteiger partial charge in [0.15, 0.2) is 0 Å². The zero-order chi connectivity index (χ0) is 12.9. The standard InChI is InChI=1S/C15H32N2/c1-6-15(4,17(7-2)8-3)14(16-5)12-11-13-9-10-13/h13-14,16H,6-12H2,1-5H3. The molecule has 0 saturated heterocycles. The van der Waals surface area contributed by atoms with Crippen molar-refractivity contribution in [1.82, 2.24) is 10.2 Å². The maximum Gasteiger partial charge on any atom is 0.0331 e. The van der Waals surface area contributed by atoms with Gasteiger partial charge in [0.25, 0.3) is 0 Å². The van der Waals surface area contributed by atoms with Gasteiger partial charge in [0, 0.05) is 11.6 Å². The topological polar surface area (TPSA) is 15.3 Å². The summed E-state index contributed by atoms with van der Waals surface area (Å²) in [5.41, 5.74) is 0.313. The van der Waals surface area contributed by atoms with Crippen molar-refractivity contribution < 1.29 is 0 Å². The summed E-state index contributed by atoms with van der Waals surface area (Å²) in [7, 11) is 2.13. The molecular weight excluding hydrogens is 208 g/mol. The zero-order valence-corrected chi connectivity index (χ0v) is 12.6. The Morgan fingerprint density at radius 1 is 1.24 bits per heavy atom. The molecule has 102 valence electrons. The molecule has 0 spiro atoms. The van der Waals surface area contributed by atoms with E-state index in [0.717, 1.165) is 19.0 Å². The van der Waals surface area contributed by atoms with E-state index in [1.807, 2.05) is 0 Å². The van der Waals surface area contributed by atoms with Crippen molar-refractivity contribution in [3.63, 3.8) is 0 Å². The molecule has 1 aliphatic carbocycles. The maximum absolute atomic E-state index is 3.58. The van der Waals surface area contributed by atoms with E-state index < -0.39 is 0 Å². The average molecular weight is 240 g/mol. The Hall–Kier alpha value is -0.0800. The highest BCUT2D eigenvalue weighted by molar-refractivity contribution is 4.96. The molecule has 0 aliphatic heterocycles. The van der Waals surface area contributed by atoms with Crippen LogP contribution in [-0.4, -0.2) is 36.6 Å². The van der Waals surface area contributed by atoms with Crippen molar-refractivity contribution in [2.24, 2.45) is 5.92 Å². The van der Waals surface area contributed by atoms with Gasteiger partial charge in [-0.3, -0.25) is 4.90 Å². The molecule has 0 aromatic heterocycles. The molecule has 0 aromatic rings. The predicted octanol–water partition coefficient (Wildman–Crippen LogP) is 3.28. The van der Waals surface area contributed by atoms with Gasteiger partial charge in [0.2, 0.25) is 0 Å². The fourth-order valence-corrected chi connectivity index (χ4v) is 3.21. The van der Waals surface area contributed by atoms with E-state index in [-0.39, 0.29) is 0 Å². The SMILES string of the molecule is CCN(CC)C(C)(CC)C(CCC1CC1)NC. The molecule has 0 bridgehead atoms. The number of nitrogens with zero attached hydrogens (tertiary/aromatic N) is 1. The van der Waals surface area contributed by atoms with Crippen LogP contribution in [0.4, 0.5) is 0 Å². The monoisotopic (exact) mass is 240 g/mol. The third kappa shape index (κ3) is 3.69. The van der Waals surface area contributed by atoms with Crippen LogP contribution in [0.3, 0.4) is 0 Å². The average Bonchev–Trinajstić information content (AvgIpc) is 3.15. The second kappa shape index (κ2) is 6.75. The lowest BCUT2D eigenvalue weighted by Gasteiger charge is -2.46. The van der Waals surface area contributed by atoms with Crippen LogP contribution in [0.1, 0.15) is 59.8 Å². The molecular formula is C15H32N2. The molecule has 0 aromatic carbocycles. The van der Waals surface area contributed by atoms with Gasteiger partial charge in [0.1, 0.15) is 0 Å². The summed E-state index contributed by atoms with van der Waals surface area (Å²) in [6.07, 6.45) is 6.93. The zero-order valence-electron chi connectivity index (χ0n) is 12.6. The third-order valence-corrected chi connectivity index (χ3v) is 4.86. The summed E-state index contributed by atoms with van der Waals surface area (Å²) in [6.45, 7) is 11.6. The van der Waals surface area contributed by atoms with Crippen LogP contribution in [0.5, 0.6) is 0 Å². The van der Waals surface area contributed by atoms with Gasteiger partial charge in [-0.05, 0) is 52.2 Å². The molecule has 1 rings (SSSR count). The molecule has 17 heavy (non-hydrogen) atoms. The van der Waals surface area contributed by atoms with E-state index in [9.17, 15) is 0 Å². The summed E-state index contributed by atoms with van der Waals surface area (Å²) >= 11 is 0. The van der Waals surface area contributed by atoms with E-state index in [1.165, 1.54) is 32.1 Å². The van der Waals surface area contributed by atoms with E-state index in [1.54, 1.807) is 0 Å². The largest absolute Gasteiger partial charge is 0.315 e. The van der Waals surface area contributed by atoms with Crippen molar-refractivity contribution in [2.75, 3.05) is 20.1 Å². The maximum atomic E-state index is 3.58. The first-order valence-electron chi connectivity index (χ1n) is 7.54. The lowest BCUT2D eigenvalue weighted by Crippen LogP contribution is -2.58. The van der Waals surface area contributed by atoms with Gasteiger partial charge in [-0.1, -0.05) is 33.6 Å². The molecule has 1 saturated carbocycles. The molecule has 0 amide bonds. The molecule has 1 N–H and O–H groups in total. The first-order chi connectivity index (χ1) is 8.12. The molecule has 2 nitrogen and oxygen atoms in total. The second-order valence-electron chi connectivity index (χ2n) is 5.75. The Labute approximate surface area is 108 Å². The summed E-state index contributed by atoms with van der Waals surface area (Å²) in [5.74, 6) is 1.05. The van der Waals surface area contributed by atoms with Crippen LogP contribution >= 0.6 is 0 Å². The van der Waals surface area contributed by atoms with Gasteiger partial charge >= 0.3 is 0 Å². The van der Waals surface area contributed by atoms with Crippen LogP contribution in [0.2, 0.25) is 0 Å². The Balaban J connectivity index is 2.63. The van der Waals surface area contributed by atoms with E-state index >= 15 is 0 Å². The molecule has 2 unspecified atom stereocenters. The number of likely N-dealkylation sites (N-methyl/N-ethyl adjacent to an activating group) is 2. The van der Waals surface area contributed by atoms with Crippen molar-refractivity contribution in [1.29, 1.82) is 0 Å². The Bertz CT molecular complexity index is 209. The van der Waals surface area contributed by atoms with Gasteiger partial charge < -0.3 is 5.32 Å². The molecule has 2 heteroatoms. The summed E-state index contributed by atoms with van der Waals surface area (Å²) in [4.78, 5) is 2.63. The summed E-state index contributed by atoms with van der Waals surface area (Å²) < 4.78 is 0. The Kier molecular flexibility index (Phi) is 5.94. The number of hydrogen-bond donors (Lipinski definition) is 1. The fourth-order valence-electron chi connectivity index (χ4n) is 3.21. The smallest absolute Gasteiger partial charge is 0.0331 e. The quantitative estimate of drug-likeness (QED) is 0.665. The van der Waals surface area contributed by atoms with Gasteiger partial charge in [-0.2, -0.15) is 0 Å². The summed E-state index contributed by atoms with van der Waals surface area (Å²) in [5, 5.41) is 3.58. The molecule has 1 aliphatic rings. The fraction of sp³-hybridized carbons (Fsp3) is 1.00. The molecule has 0 radical (unpaired) electrons. The van der Waals surface area contributed by atoms with Crippen LogP contribution < -0.4 is 5.32 Å². The highest BCUT2D eigenvalue weighted by Gasteiger charge is 2.36.